The number of carboxylic acid groups (broad SMARTS) is 1. The number of carbonyl (C=O) groups excluding carboxylic acids is 1. The molecule has 3 aromatic carbocycles. The number of ether oxygens (including phenoxy) is 1. The minimum atomic E-state index is -1.57. The maximum Gasteiger partial charge on any atom is 0.511 e. The fourth-order valence-corrected chi connectivity index (χ4v) is 2.13. The van der Waals surface area contributed by atoms with Crippen LogP contribution in [-0.2, 0) is 0 Å². The maximum atomic E-state index is 11.8. The van der Waals surface area contributed by atoms with Crippen molar-refractivity contribution in [1.29, 1.82) is 0 Å². The molecule has 0 saturated carbocycles. The van der Waals surface area contributed by atoms with Gasteiger partial charge < -0.3 is 9.84 Å². The zero-order chi connectivity index (χ0) is 19.6. The van der Waals surface area contributed by atoms with Crippen LogP contribution in [0, 0.1) is 10.1 Å². The molecule has 0 aliphatic carbocycles. The highest BCUT2D eigenvalue weighted by molar-refractivity contribution is 6.08. The Morgan fingerprint density at radius 2 is 1.22 bits per heavy atom. The van der Waals surface area contributed by atoms with Gasteiger partial charge in [-0.15, -0.1) is 0 Å². The van der Waals surface area contributed by atoms with Crippen LogP contribution in [0.25, 0.3) is 0 Å². The lowest BCUT2D eigenvalue weighted by Crippen LogP contribution is -2.04. The summed E-state index contributed by atoms with van der Waals surface area (Å²) in [4.78, 5) is 31.6. The Hall–Kier alpha value is -4.00. The molecule has 136 valence electrons. The van der Waals surface area contributed by atoms with E-state index in [9.17, 15) is 19.7 Å². The molecule has 0 bridgehead atoms. The van der Waals surface area contributed by atoms with E-state index in [1.165, 1.54) is 18.2 Å². The average molecular weight is 365 g/mol. The van der Waals surface area contributed by atoms with Crippen LogP contribution in [0.4, 0.5) is 10.5 Å². The summed E-state index contributed by atoms with van der Waals surface area (Å²) in [7, 11) is 0. The van der Waals surface area contributed by atoms with Crippen molar-refractivity contribution in [1.82, 2.24) is 0 Å². The number of nitrogens with zero attached hydrogens (tertiary/aromatic N) is 1. The minimum absolute atomic E-state index is 0.0752. The summed E-state index contributed by atoms with van der Waals surface area (Å²) in [6.45, 7) is 0. The molecule has 3 aromatic rings. The highest BCUT2D eigenvalue weighted by Crippen LogP contribution is 2.25. The molecule has 0 spiro atoms. The van der Waals surface area contributed by atoms with Crippen LogP contribution < -0.4 is 4.74 Å². The molecule has 0 aliphatic heterocycles. The Balaban J connectivity index is 0.000000194. The molecule has 0 aliphatic rings. The van der Waals surface area contributed by atoms with Crippen LogP contribution in [-0.4, -0.2) is 22.0 Å². The summed E-state index contributed by atoms with van der Waals surface area (Å²) in [5, 5.41) is 18.6. The fraction of sp³-hybridized carbons (Fsp3) is 0. The van der Waals surface area contributed by atoms with E-state index in [4.69, 9.17) is 5.11 Å². The molecule has 0 radical (unpaired) electrons. The van der Waals surface area contributed by atoms with E-state index in [2.05, 4.69) is 4.74 Å². The smallest absolute Gasteiger partial charge is 0.449 e. The summed E-state index contributed by atoms with van der Waals surface area (Å²) in [6, 6.07) is 23.9. The third-order valence-electron chi connectivity index (χ3n) is 3.33. The molecule has 27 heavy (non-hydrogen) atoms. The normalized spacial score (nSPS) is 9.48. The van der Waals surface area contributed by atoms with Crippen LogP contribution in [0.5, 0.6) is 5.75 Å². The molecule has 0 fully saturated rings. The van der Waals surface area contributed by atoms with Crippen LogP contribution in [0.2, 0.25) is 0 Å². The van der Waals surface area contributed by atoms with Crippen molar-refractivity contribution in [3.8, 4) is 5.75 Å². The standard InChI is InChI=1S/C13H10O.C7H5NO5/c14-13(11-7-3-1-4-8-11)12-9-5-2-6-10-12;9-7(10)13-6-4-2-1-3-5(6)8(11)12/h1-10H;1-4H,(H,9,10). The van der Waals surface area contributed by atoms with Crippen molar-refractivity contribution in [2.75, 3.05) is 0 Å². The van der Waals surface area contributed by atoms with E-state index < -0.39 is 11.1 Å². The summed E-state index contributed by atoms with van der Waals surface area (Å²) < 4.78 is 4.18. The number of rotatable bonds is 4. The highest BCUT2D eigenvalue weighted by atomic mass is 16.7. The largest absolute Gasteiger partial charge is 0.511 e. The van der Waals surface area contributed by atoms with E-state index in [1.54, 1.807) is 0 Å². The summed E-state index contributed by atoms with van der Waals surface area (Å²) >= 11 is 0. The molecule has 7 heteroatoms. The van der Waals surface area contributed by atoms with Gasteiger partial charge in [-0.3, -0.25) is 14.9 Å². The zero-order valence-electron chi connectivity index (χ0n) is 14.0. The summed E-state index contributed by atoms with van der Waals surface area (Å²) in [5.41, 5.74) is 1.10. The monoisotopic (exact) mass is 365 g/mol. The Bertz CT molecular complexity index is 884. The quantitative estimate of drug-likeness (QED) is 0.239. The molecular formula is C20H15NO6. The number of nitro groups is 1. The topological polar surface area (TPSA) is 107 Å². The molecule has 3 rings (SSSR count). The fourth-order valence-electron chi connectivity index (χ4n) is 2.13. The lowest BCUT2D eigenvalue weighted by molar-refractivity contribution is -0.385. The number of ketones is 1. The van der Waals surface area contributed by atoms with Gasteiger partial charge in [-0.25, -0.2) is 4.79 Å². The molecule has 0 heterocycles. The second-order valence-corrected chi connectivity index (χ2v) is 5.15. The SMILES string of the molecule is O=C(O)Oc1ccccc1[N+](=O)[O-].O=C(c1ccccc1)c1ccccc1. The van der Waals surface area contributed by atoms with Gasteiger partial charge in [0.05, 0.1) is 4.92 Å². The zero-order valence-corrected chi connectivity index (χ0v) is 14.0. The predicted molar refractivity (Wildman–Crippen MR) is 98.1 cm³/mol. The van der Waals surface area contributed by atoms with Crippen molar-refractivity contribution in [3.05, 3.63) is 106 Å². The van der Waals surface area contributed by atoms with E-state index in [0.717, 1.165) is 17.2 Å². The van der Waals surface area contributed by atoms with Crippen LogP contribution in [0.1, 0.15) is 15.9 Å². The van der Waals surface area contributed by atoms with Gasteiger partial charge in [-0.2, -0.15) is 0 Å². The van der Waals surface area contributed by atoms with Crippen molar-refractivity contribution in [2.45, 2.75) is 0 Å². The first-order chi connectivity index (χ1) is 13.0. The van der Waals surface area contributed by atoms with Crippen molar-refractivity contribution < 1.29 is 24.4 Å². The van der Waals surface area contributed by atoms with E-state index in [1.807, 2.05) is 60.7 Å². The van der Waals surface area contributed by atoms with Gasteiger partial charge in [0.1, 0.15) is 0 Å². The number of benzene rings is 3. The van der Waals surface area contributed by atoms with Gasteiger partial charge in [0.15, 0.2) is 5.78 Å². The van der Waals surface area contributed by atoms with Gasteiger partial charge in [-0.05, 0) is 6.07 Å². The first-order valence-corrected chi connectivity index (χ1v) is 7.78. The third-order valence-corrected chi connectivity index (χ3v) is 3.33. The summed E-state index contributed by atoms with van der Waals surface area (Å²) in [5.74, 6) is -0.203. The first-order valence-electron chi connectivity index (χ1n) is 7.78. The number of hydrogen-bond donors (Lipinski definition) is 1. The van der Waals surface area contributed by atoms with Gasteiger partial charge in [-0.1, -0.05) is 72.8 Å². The van der Waals surface area contributed by atoms with E-state index in [0.29, 0.717) is 0 Å². The predicted octanol–water partition coefficient (Wildman–Crippen LogP) is 4.57. The lowest BCUT2D eigenvalue weighted by atomic mass is 10.0. The van der Waals surface area contributed by atoms with E-state index in [-0.39, 0.29) is 17.2 Å². The minimum Gasteiger partial charge on any atom is -0.449 e. The second-order valence-electron chi connectivity index (χ2n) is 5.15. The van der Waals surface area contributed by atoms with Crippen molar-refractivity contribution >= 4 is 17.6 Å². The average Bonchev–Trinajstić information content (AvgIpc) is 2.69. The third kappa shape index (κ3) is 5.79. The Morgan fingerprint density at radius 3 is 1.67 bits per heavy atom. The van der Waals surface area contributed by atoms with Crippen LogP contribution in [0.15, 0.2) is 84.9 Å². The highest BCUT2D eigenvalue weighted by Gasteiger charge is 2.15. The molecule has 1 N–H and O–H groups in total. The number of nitro benzene ring substituents is 1. The lowest BCUT2D eigenvalue weighted by Gasteiger charge is -1.99. The molecule has 0 aromatic heterocycles. The van der Waals surface area contributed by atoms with Crippen molar-refractivity contribution in [3.63, 3.8) is 0 Å². The number of carbonyl (C=O) groups is 2. The maximum absolute atomic E-state index is 11.8. The molecule has 0 atom stereocenters. The summed E-state index contributed by atoms with van der Waals surface area (Å²) in [6.07, 6.45) is -1.57. The second kappa shape index (κ2) is 9.47. The van der Waals surface area contributed by atoms with Gasteiger partial charge in [0.2, 0.25) is 5.75 Å². The molecular weight excluding hydrogens is 350 g/mol. The van der Waals surface area contributed by atoms with Crippen molar-refractivity contribution in [2.24, 2.45) is 0 Å². The Kier molecular flexibility index (Phi) is 6.78. The molecule has 0 saturated heterocycles. The number of para-hydroxylation sites is 2. The van der Waals surface area contributed by atoms with Gasteiger partial charge in [0, 0.05) is 17.2 Å². The molecule has 0 unspecified atom stereocenters. The molecule has 7 nitrogen and oxygen atoms in total. The van der Waals surface area contributed by atoms with Gasteiger partial charge in [0.25, 0.3) is 0 Å². The Morgan fingerprint density at radius 1 is 0.778 bits per heavy atom. The Labute approximate surface area is 154 Å². The number of hydrogen-bond acceptors (Lipinski definition) is 5. The first kappa shape index (κ1) is 19.3. The van der Waals surface area contributed by atoms with Crippen LogP contribution in [0.3, 0.4) is 0 Å². The van der Waals surface area contributed by atoms with Gasteiger partial charge >= 0.3 is 11.8 Å². The molecule has 0 amide bonds. The van der Waals surface area contributed by atoms with E-state index >= 15 is 0 Å². The van der Waals surface area contributed by atoms with Crippen LogP contribution >= 0.6 is 0 Å².